The van der Waals surface area contributed by atoms with Crippen molar-refractivity contribution in [2.24, 2.45) is 0 Å². The number of hydrogen-bond acceptors (Lipinski definition) is 4. The highest BCUT2D eigenvalue weighted by Crippen LogP contribution is 2.36. The number of hydrogen-bond donors (Lipinski definition) is 0. The first kappa shape index (κ1) is 12.7. The van der Waals surface area contributed by atoms with Crippen molar-refractivity contribution in [3.05, 3.63) is 17.3 Å². The predicted octanol–water partition coefficient (Wildman–Crippen LogP) is 1.57. The van der Waals surface area contributed by atoms with Crippen molar-refractivity contribution in [3.8, 4) is 0 Å². The van der Waals surface area contributed by atoms with Crippen LogP contribution in [0.15, 0.2) is 6.20 Å². The fraction of sp³-hybridized carbons (Fsp3) is 0.600. The lowest BCUT2D eigenvalue weighted by Gasteiger charge is -2.32. The summed E-state index contributed by atoms with van der Waals surface area (Å²) in [7, 11) is -0.861. The van der Waals surface area contributed by atoms with Crippen LogP contribution in [0.4, 0.5) is 4.39 Å². The Morgan fingerprint density at radius 2 is 1.76 bits per heavy atom. The van der Waals surface area contributed by atoms with E-state index >= 15 is 0 Å². The highest BCUT2D eigenvalue weighted by atomic mass is 35.5. The zero-order valence-corrected chi connectivity index (χ0v) is 10.9. The van der Waals surface area contributed by atoms with Gasteiger partial charge in [0.2, 0.25) is 5.28 Å². The molecule has 0 saturated carbocycles. The zero-order chi connectivity index (χ0) is 12.8. The summed E-state index contributed by atoms with van der Waals surface area (Å²) in [6, 6.07) is 0. The first-order valence-corrected chi connectivity index (χ1v) is 5.64. The molecule has 1 aliphatic rings. The van der Waals surface area contributed by atoms with Gasteiger partial charge in [0.25, 0.3) is 0 Å². The molecule has 4 nitrogen and oxygen atoms in total. The smallest absolute Gasteiger partial charge is 0.398 e. The molecule has 1 aromatic heterocycles. The summed E-state index contributed by atoms with van der Waals surface area (Å²) in [5.41, 5.74) is -1.05. The van der Waals surface area contributed by atoms with E-state index in [-0.39, 0.29) is 10.9 Å². The predicted molar refractivity (Wildman–Crippen MR) is 62.7 cm³/mol. The molecule has 0 aromatic carbocycles. The molecule has 0 amide bonds. The van der Waals surface area contributed by atoms with Crippen LogP contribution < -0.4 is 5.59 Å². The molecule has 1 saturated heterocycles. The van der Waals surface area contributed by atoms with Crippen LogP contribution in [0, 0.1) is 5.82 Å². The van der Waals surface area contributed by atoms with Gasteiger partial charge in [-0.25, -0.2) is 14.4 Å². The monoisotopic (exact) mass is 258 g/mol. The van der Waals surface area contributed by atoms with Crippen molar-refractivity contribution in [1.29, 1.82) is 0 Å². The van der Waals surface area contributed by atoms with Crippen molar-refractivity contribution in [2.45, 2.75) is 38.9 Å². The number of aromatic nitrogens is 2. The molecule has 92 valence electrons. The zero-order valence-electron chi connectivity index (χ0n) is 10.1. The molecule has 1 aromatic rings. The Kier molecular flexibility index (Phi) is 2.92. The van der Waals surface area contributed by atoms with Crippen LogP contribution in [0.5, 0.6) is 0 Å². The van der Waals surface area contributed by atoms with Crippen LogP contribution in [0.1, 0.15) is 27.7 Å². The Morgan fingerprint density at radius 1 is 1.24 bits per heavy atom. The van der Waals surface area contributed by atoms with E-state index in [1.165, 1.54) is 0 Å². The normalized spacial score (nSPS) is 21.9. The third kappa shape index (κ3) is 2.17. The van der Waals surface area contributed by atoms with E-state index in [9.17, 15) is 4.39 Å². The summed E-state index contributed by atoms with van der Waals surface area (Å²) >= 11 is 5.64. The van der Waals surface area contributed by atoms with Gasteiger partial charge in [0.05, 0.1) is 17.4 Å². The Labute approximate surface area is 105 Å². The molecule has 0 atom stereocenters. The summed E-state index contributed by atoms with van der Waals surface area (Å²) in [5, 5.41) is -0.0314. The third-order valence-corrected chi connectivity index (χ3v) is 3.40. The van der Waals surface area contributed by atoms with Gasteiger partial charge in [0.1, 0.15) is 5.59 Å². The molecule has 7 heteroatoms. The fourth-order valence-corrected chi connectivity index (χ4v) is 1.62. The molecule has 0 bridgehead atoms. The summed E-state index contributed by atoms with van der Waals surface area (Å²) in [5.74, 6) is -0.590. The second-order valence-corrected chi connectivity index (χ2v) is 5.30. The van der Waals surface area contributed by atoms with Crippen molar-refractivity contribution in [1.82, 2.24) is 9.97 Å². The molecular formula is C10H13BClFN2O2. The lowest BCUT2D eigenvalue weighted by Crippen LogP contribution is -2.41. The molecule has 1 aliphatic heterocycles. The van der Waals surface area contributed by atoms with Crippen molar-refractivity contribution in [2.75, 3.05) is 0 Å². The second kappa shape index (κ2) is 3.90. The lowest BCUT2D eigenvalue weighted by molar-refractivity contribution is 0.00578. The maximum absolute atomic E-state index is 13.6. The van der Waals surface area contributed by atoms with E-state index in [0.29, 0.717) is 0 Å². The van der Waals surface area contributed by atoms with Crippen LogP contribution >= 0.6 is 11.6 Å². The minimum Gasteiger partial charge on any atom is -0.398 e. The van der Waals surface area contributed by atoms with Gasteiger partial charge in [-0.2, -0.15) is 0 Å². The van der Waals surface area contributed by atoms with Crippen LogP contribution in [-0.4, -0.2) is 28.3 Å². The maximum Gasteiger partial charge on any atom is 0.517 e. The SMILES string of the molecule is CC1(C)OB(c2nc(Cl)ncc2F)OC1(C)C. The summed E-state index contributed by atoms with van der Waals surface area (Å²) in [6.45, 7) is 7.53. The Morgan fingerprint density at radius 3 is 2.29 bits per heavy atom. The number of halogens is 2. The lowest BCUT2D eigenvalue weighted by atomic mass is 9.84. The minimum atomic E-state index is -0.861. The first-order valence-electron chi connectivity index (χ1n) is 5.26. The first-order chi connectivity index (χ1) is 7.73. The van der Waals surface area contributed by atoms with E-state index < -0.39 is 24.1 Å². The summed E-state index contributed by atoms with van der Waals surface area (Å²) < 4.78 is 24.9. The van der Waals surface area contributed by atoms with Gasteiger partial charge in [-0.3, -0.25) is 0 Å². The molecule has 0 unspecified atom stereocenters. The van der Waals surface area contributed by atoms with Crippen molar-refractivity contribution in [3.63, 3.8) is 0 Å². The topological polar surface area (TPSA) is 44.2 Å². The van der Waals surface area contributed by atoms with Crippen LogP contribution in [-0.2, 0) is 9.31 Å². The summed E-state index contributed by atoms with van der Waals surface area (Å²) in [6.07, 6.45) is 1.01. The van der Waals surface area contributed by atoms with Gasteiger partial charge in [-0.1, -0.05) is 0 Å². The highest BCUT2D eigenvalue weighted by Gasteiger charge is 2.53. The third-order valence-electron chi connectivity index (χ3n) is 3.22. The standard InChI is InChI=1S/C10H13BClFN2O2/c1-9(2)10(3,4)17-11(16-9)7-6(13)5-14-8(12)15-7/h5H,1-4H3. The van der Waals surface area contributed by atoms with Gasteiger partial charge in [-0.05, 0) is 39.3 Å². The molecule has 0 aliphatic carbocycles. The van der Waals surface area contributed by atoms with E-state index in [2.05, 4.69) is 9.97 Å². The van der Waals surface area contributed by atoms with Crippen LogP contribution in [0.2, 0.25) is 5.28 Å². The minimum absolute atomic E-state index is 0.0312. The van der Waals surface area contributed by atoms with Gasteiger partial charge < -0.3 is 9.31 Å². The molecule has 0 spiro atoms. The average molecular weight is 258 g/mol. The molecule has 2 rings (SSSR count). The molecule has 17 heavy (non-hydrogen) atoms. The van der Waals surface area contributed by atoms with Gasteiger partial charge >= 0.3 is 7.12 Å². The van der Waals surface area contributed by atoms with Crippen LogP contribution in [0.3, 0.4) is 0 Å². The van der Waals surface area contributed by atoms with Gasteiger partial charge in [-0.15, -0.1) is 0 Å². The van der Waals surface area contributed by atoms with E-state index in [1.54, 1.807) is 0 Å². The second-order valence-electron chi connectivity index (χ2n) is 4.96. The van der Waals surface area contributed by atoms with E-state index in [4.69, 9.17) is 20.9 Å². The molecule has 0 N–H and O–H groups in total. The number of nitrogens with zero attached hydrogens (tertiary/aromatic N) is 2. The Balaban J connectivity index is 2.35. The van der Waals surface area contributed by atoms with E-state index in [1.807, 2.05) is 27.7 Å². The maximum atomic E-state index is 13.6. The molecule has 1 fully saturated rings. The van der Waals surface area contributed by atoms with Crippen molar-refractivity contribution < 1.29 is 13.7 Å². The van der Waals surface area contributed by atoms with E-state index in [0.717, 1.165) is 6.20 Å². The van der Waals surface area contributed by atoms with Gasteiger partial charge in [0, 0.05) is 0 Å². The molecule has 0 radical (unpaired) electrons. The quantitative estimate of drug-likeness (QED) is 0.566. The van der Waals surface area contributed by atoms with Crippen LogP contribution in [0.25, 0.3) is 0 Å². The Hall–Kier alpha value is -0.715. The highest BCUT2D eigenvalue weighted by molar-refractivity contribution is 6.61. The fourth-order valence-electron chi connectivity index (χ4n) is 1.48. The average Bonchev–Trinajstić information content (AvgIpc) is 2.40. The molecular weight excluding hydrogens is 245 g/mol. The summed E-state index contributed by atoms with van der Waals surface area (Å²) in [4.78, 5) is 7.37. The Bertz CT molecular complexity index is 440. The van der Waals surface area contributed by atoms with Crippen molar-refractivity contribution >= 4 is 24.3 Å². The van der Waals surface area contributed by atoms with Gasteiger partial charge in [0.15, 0.2) is 5.82 Å². The molecule has 2 heterocycles. The largest absolute Gasteiger partial charge is 0.517 e. The number of rotatable bonds is 1.